The van der Waals surface area contributed by atoms with Gasteiger partial charge >= 0.3 is 0 Å². The van der Waals surface area contributed by atoms with Crippen LogP contribution in [-0.2, 0) is 24.8 Å². The van der Waals surface area contributed by atoms with E-state index < -0.39 is 32.5 Å². The number of hydrogen-bond donors (Lipinski definition) is 1. The van der Waals surface area contributed by atoms with Crippen molar-refractivity contribution in [1.82, 2.24) is 4.31 Å². The summed E-state index contributed by atoms with van der Waals surface area (Å²) in [6, 6.07) is 8.78. The van der Waals surface area contributed by atoms with Crippen LogP contribution >= 0.6 is 0 Å². The Morgan fingerprint density at radius 3 is 2.37 bits per heavy atom. The van der Waals surface area contributed by atoms with Gasteiger partial charge in [0.2, 0.25) is 26.0 Å². The third-order valence-electron chi connectivity index (χ3n) is 5.65. The second-order valence-corrected chi connectivity index (χ2v) is 12.0. The fourth-order valence-electron chi connectivity index (χ4n) is 3.93. The molecule has 190 valence electrons. The molecule has 1 fully saturated rings. The number of nitrogens with one attached hydrogen (secondary N) is 1. The Kier molecular flexibility index (Phi) is 7.10. The molecule has 4 rings (SSSR count). The number of nitrogens with zero attached hydrogens (tertiary/aromatic N) is 2. The van der Waals surface area contributed by atoms with Crippen LogP contribution in [0.15, 0.2) is 41.3 Å². The Balaban J connectivity index is 1.58. The van der Waals surface area contributed by atoms with Crippen LogP contribution in [0.5, 0.6) is 17.2 Å². The topological polar surface area (TPSA) is 132 Å². The molecule has 1 N–H and O–H groups in total. The first-order chi connectivity index (χ1) is 16.6. The van der Waals surface area contributed by atoms with Gasteiger partial charge in [-0.3, -0.25) is 9.10 Å². The van der Waals surface area contributed by atoms with Gasteiger partial charge < -0.3 is 19.5 Å². The Bertz CT molecular complexity index is 1320. The Morgan fingerprint density at radius 2 is 1.71 bits per heavy atom. The molecule has 0 bridgehead atoms. The predicted octanol–water partition coefficient (Wildman–Crippen LogP) is 1.66. The molecule has 2 aliphatic heterocycles. The molecule has 13 heteroatoms. The molecule has 0 unspecified atom stereocenters. The van der Waals surface area contributed by atoms with Gasteiger partial charge in [0, 0.05) is 19.2 Å². The molecule has 2 aliphatic rings. The number of ether oxygens (including phenoxy) is 3. The maximum atomic E-state index is 12.9. The van der Waals surface area contributed by atoms with E-state index in [2.05, 4.69) is 5.32 Å². The summed E-state index contributed by atoms with van der Waals surface area (Å²) >= 11 is 0. The van der Waals surface area contributed by atoms with Crippen LogP contribution < -0.4 is 23.8 Å². The Hall–Kier alpha value is -3.03. The van der Waals surface area contributed by atoms with Gasteiger partial charge in [-0.1, -0.05) is 0 Å². The van der Waals surface area contributed by atoms with E-state index in [-0.39, 0.29) is 22.0 Å². The molecule has 2 aromatic carbocycles. The number of fused-ring (bicyclic) bond motifs is 1. The van der Waals surface area contributed by atoms with Crippen molar-refractivity contribution in [2.75, 3.05) is 55.8 Å². The van der Waals surface area contributed by atoms with Crippen molar-refractivity contribution in [2.24, 2.45) is 0 Å². The van der Waals surface area contributed by atoms with E-state index in [0.29, 0.717) is 37.8 Å². The fourth-order valence-corrected chi connectivity index (χ4v) is 6.32. The molecule has 0 radical (unpaired) electrons. The number of sulfonamides is 2. The van der Waals surface area contributed by atoms with Crippen molar-refractivity contribution in [3.63, 3.8) is 0 Å². The zero-order chi connectivity index (χ0) is 25.2. The summed E-state index contributed by atoms with van der Waals surface area (Å²) in [4.78, 5) is 12.9. The zero-order valence-electron chi connectivity index (χ0n) is 19.4. The van der Waals surface area contributed by atoms with Gasteiger partial charge in [0.05, 0.1) is 29.6 Å². The predicted molar refractivity (Wildman–Crippen MR) is 129 cm³/mol. The van der Waals surface area contributed by atoms with Crippen molar-refractivity contribution in [1.29, 1.82) is 0 Å². The zero-order valence-corrected chi connectivity index (χ0v) is 21.0. The molecule has 2 heterocycles. The third-order valence-corrected chi connectivity index (χ3v) is 8.68. The molecule has 0 atom stereocenters. The van der Waals surface area contributed by atoms with E-state index in [1.807, 2.05) is 0 Å². The number of hydrogen-bond acceptors (Lipinski definition) is 8. The quantitative estimate of drug-likeness (QED) is 0.551. The van der Waals surface area contributed by atoms with Crippen LogP contribution in [0.3, 0.4) is 0 Å². The molecule has 0 saturated carbocycles. The maximum Gasteiger partial charge on any atom is 0.245 e. The number of anilines is 2. The lowest BCUT2D eigenvalue weighted by molar-refractivity contribution is -0.114. The molecule has 1 saturated heterocycles. The number of benzene rings is 2. The summed E-state index contributed by atoms with van der Waals surface area (Å²) in [5.41, 5.74) is 0.345. The van der Waals surface area contributed by atoms with Gasteiger partial charge in [0.1, 0.15) is 25.5 Å². The highest BCUT2D eigenvalue weighted by Crippen LogP contribution is 2.35. The van der Waals surface area contributed by atoms with Crippen LogP contribution in [0.4, 0.5) is 11.4 Å². The minimum atomic E-state index is -3.85. The molecule has 0 aromatic heterocycles. The summed E-state index contributed by atoms with van der Waals surface area (Å²) in [5.74, 6) is 0.422. The first-order valence-electron chi connectivity index (χ1n) is 10.9. The van der Waals surface area contributed by atoms with E-state index in [9.17, 15) is 21.6 Å². The first-order valence-corrected chi connectivity index (χ1v) is 14.2. The highest BCUT2D eigenvalue weighted by Gasteiger charge is 2.29. The lowest BCUT2D eigenvalue weighted by atomic mass is 10.2. The average molecular weight is 526 g/mol. The number of carbonyl (C=O) groups excluding carboxylic acids is 1. The van der Waals surface area contributed by atoms with Gasteiger partial charge in [-0.15, -0.1) is 0 Å². The van der Waals surface area contributed by atoms with E-state index in [1.165, 1.54) is 41.7 Å². The smallest absolute Gasteiger partial charge is 0.245 e. The molecule has 1 amide bonds. The van der Waals surface area contributed by atoms with Gasteiger partial charge in [-0.05, 0) is 43.2 Å². The Morgan fingerprint density at radius 1 is 1.03 bits per heavy atom. The van der Waals surface area contributed by atoms with Crippen molar-refractivity contribution >= 4 is 37.3 Å². The summed E-state index contributed by atoms with van der Waals surface area (Å²) < 4.78 is 69.5. The minimum absolute atomic E-state index is 0.0160. The van der Waals surface area contributed by atoms with Crippen LogP contribution in [0.25, 0.3) is 0 Å². The van der Waals surface area contributed by atoms with Crippen LogP contribution in [0, 0.1) is 0 Å². The van der Waals surface area contributed by atoms with Gasteiger partial charge in [-0.2, -0.15) is 4.31 Å². The second kappa shape index (κ2) is 9.91. The molecule has 2 aromatic rings. The SMILES string of the molecule is COc1ccc(S(=O)(=O)N2CCCC2)cc1NC(=O)CN(c1ccc2c(c1)OCCO2)S(C)(=O)=O. The summed E-state index contributed by atoms with van der Waals surface area (Å²) in [7, 11) is -6.19. The largest absolute Gasteiger partial charge is 0.495 e. The average Bonchev–Trinajstić information content (AvgIpc) is 3.37. The normalized spacial score (nSPS) is 16.1. The Labute approximate surface area is 204 Å². The van der Waals surface area contributed by atoms with Crippen molar-refractivity contribution in [2.45, 2.75) is 17.7 Å². The lowest BCUT2D eigenvalue weighted by Crippen LogP contribution is -2.37. The van der Waals surface area contributed by atoms with E-state index in [1.54, 1.807) is 6.07 Å². The number of amides is 1. The fraction of sp³-hybridized carbons (Fsp3) is 0.409. The van der Waals surface area contributed by atoms with Gasteiger partial charge in [0.25, 0.3) is 0 Å². The van der Waals surface area contributed by atoms with E-state index in [0.717, 1.165) is 23.4 Å². The summed E-state index contributed by atoms with van der Waals surface area (Å²) in [6.07, 6.45) is 2.57. The van der Waals surface area contributed by atoms with E-state index in [4.69, 9.17) is 14.2 Å². The summed E-state index contributed by atoms with van der Waals surface area (Å²) in [6.45, 7) is 1.04. The van der Waals surface area contributed by atoms with E-state index >= 15 is 0 Å². The third kappa shape index (κ3) is 5.46. The second-order valence-electron chi connectivity index (χ2n) is 8.12. The molecule has 35 heavy (non-hydrogen) atoms. The number of carbonyl (C=O) groups is 1. The van der Waals surface area contributed by atoms with Crippen LogP contribution in [0.2, 0.25) is 0 Å². The molecular weight excluding hydrogens is 498 g/mol. The minimum Gasteiger partial charge on any atom is -0.495 e. The van der Waals surface area contributed by atoms with Crippen LogP contribution in [0.1, 0.15) is 12.8 Å². The number of methoxy groups -OCH3 is 1. The number of rotatable bonds is 8. The standard InChI is InChI=1S/C22H27N3O8S2/c1-31-19-8-6-17(35(29,30)24-9-3-4-10-24)14-18(19)23-22(26)15-25(34(2,27)28)16-5-7-20-21(13-16)33-12-11-32-20/h5-8,13-14H,3-4,9-12,15H2,1-2H3,(H,23,26). The molecule has 0 spiro atoms. The summed E-state index contributed by atoms with van der Waals surface area (Å²) in [5, 5.41) is 2.59. The highest BCUT2D eigenvalue weighted by molar-refractivity contribution is 7.92. The molecule has 0 aliphatic carbocycles. The monoisotopic (exact) mass is 525 g/mol. The van der Waals surface area contributed by atoms with Gasteiger partial charge in [0.15, 0.2) is 11.5 Å². The van der Waals surface area contributed by atoms with Crippen molar-refractivity contribution in [3.8, 4) is 17.2 Å². The van der Waals surface area contributed by atoms with Crippen molar-refractivity contribution < 1.29 is 35.8 Å². The highest BCUT2D eigenvalue weighted by atomic mass is 32.2. The van der Waals surface area contributed by atoms with Crippen molar-refractivity contribution in [3.05, 3.63) is 36.4 Å². The first kappa shape index (κ1) is 25.1. The van der Waals surface area contributed by atoms with Gasteiger partial charge in [-0.25, -0.2) is 16.8 Å². The molecular formula is C22H27N3O8S2. The maximum absolute atomic E-state index is 12.9. The lowest BCUT2D eigenvalue weighted by Gasteiger charge is -2.25. The van der Waals surface area contributed by atoms with Crippen LogP contribution in [-0.4, -0.2) is 73.3 Å². The molecule has 11 nitrogen and oxygen atoms in total.